The zero-order valence-electron chi connectivity index (χ0n) is 10.4. The van der Waals surface area contributed by atoms with Gasteiger partial charge in [0.15, 0.2) is 0 Å². The van der Waals surface area contributed by atoms with Gasteiger partial charge in [0.1, 0.15) is 9.84 Å². The topological polar surface area (TPSA) is 46.2 Å². The predicted octanol–water partition coefficient (Wildman–Crippen LogP) is 2.33. The molecule has 0 amide bonds. The molecular formula is C13H18BrNO2S. The van der Waals surface area contributed by atoms with Crippen LogP contribution in [0, 0.1) is 0 Å². The lowest BCUT2D eigenvalue weighted by atomic mass is 9.76. The van der Waals surface area contributed by atoms with E-state index < -0.39 is 9.84 Å². The van der Waals surface area contributed by atoms with Gasteiger partial charge in [-0.05, 0) is 36.5 Å². The van der Waals surface area contributed by atoms with Gasteiger partial charge >= 0.3 is 0 Å². The van der Waals surface area contributed by atoms with Crippen molar-refractivity contribution in [3.63, 3.8) is 0 Å². The second-order valence-corrected chi connectivity index (χ2v) is 8.18. The number of nitrogens with one attached hydrogen (secondary N) is 1. The Labute approximate surface area is 117 Å². The van der Waals surface area contributed by atoms with Crippen LogP contribution in [0.15, 0.2) is 28.7 Å². The lowest BCUT2D eigenvalue weighted by Crippen LogP contribution is -2.41. The Bertz CT molecular complexity index is 492. The van der Waals surface area contributed by atoms with Crippen LogP contribution in [0.2, 0.25) is 0 Å². The van der Waals surface area contributed by atoms with E-state index in [9.17, 15) is 8.42 Å². The molecule has 1 aromatic rings. The van der Waals surface area contributed by atoms with Crippen molar-refractivity contribution in [1.82, 2.24) is 5.32 Å². The highest BCUT2D eigenvalue weighted by atomic mass is 79.9. The first-order valence-electron chi connectivity index (χ1n) is 6.10. The van der Waals surface area contributed by atoms with Crippen molar-refractivity contribution in [1.29, 1.82) is 0 Å². The molecule has 3 nitrogen and oxygen atoms in total. The molecule has 0 unspecified atom stereocenters. The van der Waals surface area contributed by atoms with Crippen molar-refractivity contribution < 1.29 is 8.42 Å². The van der Waals surface area contributed by atoms with Crippen molar-refractivity contribution >= 4 is 25.8 Å². The van der Waals surface area contributed by atoms with E-state index in [1.807, 2.05) is 0 Å². The number of halogens is 1. The Morgan fingerprint density at radius 3 is 2.44 bits per heavy atom. The van der Waals surface area contributed by atoms with E-state index in [0.717, 1.165) is 17.3 Å². The lowest BCUT2D eigenvalue weighted by molar-refractivity contribution is 0.296. The van der Waals surface area contributed by atoms with Gasteiger partial charge in [-0.15, -0.1) is 0 Å². The second-order valence-electron chi connectivity index (χ2n) is 5.00. The zero-order chi connectivity index (χ0) is 13.2. The summed E-state index contributed by atoms with van der Waals surface area (Å²) in [5.41, 5.74) is 1.37. The molecule has 0 saturated heterocycles. The van der Waals surface area contributed by atoms with Crippen molar-refractivity contribution in [2.24, 2.45) is 0 Å². The molecule has 18 heavy (non-hydrogen) atoms. The number of hydrogen-bond donors (Lipinski definition) is 1. The van der Waals surface area contributed by atoms with Crippen molar-refractivity contribution in [3.8, 4) is 0 Å². The van der Waals surface area contributed by atoms with Crippen LogP contribution in [-0.2, 0) is 9.84 Å². The summed E-state index contributed by atoms with van der Waals surface area (Å²) in [5.74, 6) is 0.848. The van der Waals surface area contributed by atoms with E-state index in [-0.39, 0.29) is 5.75 Å². The SMILES string of the molecule is CS(=O)(=O)CCNC1CC(c2ccc(Br)cc2)C1. The molecule has 2 rings (SSSR count). The third-order valence-electron chi connectivity index (χ3n) is 3.39. The summed E-state index contributed by atoms with van der Waals surface area (Å²) in [6, 6.07) is 8.92. The molecule has 1 saturated carbocycles. The average Bonchev–Trinajstić information content (AvgIpc) is 2.22. The van der Waals surface area contributed by atoms with Crippen LogP contribution in [0.3, 0.4) is 0 Å². The van der Waals surface area contributed by atoms with Crippen LogP contribution in [0.5, 0.6) is 0 Å². The minimum absolute atomic E-state index is 0.229. The highest BCUT2D eigenvalue weighted by Crippen LogP contribution is 2.37. The van der Waals surface area contributed by atoms with Crippen LogP contribution < -0.4 is 5.32 Å². The van der Waals surface area contributed by atoms with Crippen LogP contribution in [0.1, 0.15) is 24.3 Å². The van der Waals surface area contributed by atoms with Gasteiger partial charge in [-0.2, -0.15) is 0 Å². The van der Waals surface area contributed by atoms with Gasteiger partial charge < -0.3 is 5.32 Å². The molecule has 0 spiro atoms. The molecule has 0 atom stereocenters. The van der Waals surface area contributed by atoms with Gasteiger partial charge in [-0.25, -0.2) is 8.42 Å². The second kappa shape index (κ2) is 5.72. The summed E-state index contributed by atoms with van der Waals surface area (Å²) in [6.07, 6.45) is 3.48. The third-order valence-corrected chi connectivity index (χ3v) is 4.86. The maximum Gasteiger partial charge on any atom is 0.148 e. The van der Waals surface area contributed by atoms with E-state index in [0.29, 0.717) is 18.5 Å². The average molecular weight is 332 g/mol. The maximum atomic E-state index is 11.0. The van der Waals surface area contributed by atoms with Gasteiger partial charge in [0, 0.05) is 23.3 Å². The summed E-state index contributed by atoms with van der Waals surface area (Å²) in [5, 5.41) is 3.30. The molecule has 0 aromatic heterocycles. The predicted molar refractivity (Wildman–Crippen MR) is 77.6 cm³/mol. The van der Waals surface area contributed by atoms with E-state index in [4.69, 9.17) is 0 Å². The molecule has 1 aromatic carbocycles. The van der Waals surface area contributed by atoms with Gasteiger partial charge in [0.05, 0.1) is 5.75 Å². The van der Waals surface area contributed by atoms with Crippen LogP contribution in [-0.4, -0.2) is 33.0 Å². The molecule has 0 heterocycles. The summed E-state index contributed by atoms with van der Waals surface area (Å²) in [6.45, 7) is 0.566. The van der Waals surface area contributed by atoms with Gasteiger partial charge in [0.25, 0.3) is 0 Å². The maximum absolute atomic E-state index is 11.0. The molecule has 1 aliphatic carbocycles. The zero-order valence-corrected chi connectivity index (χ0v) is 12.8. The Hall–Kier alpha value is -0.390. The van der Waals surface area contributed by atoms with Crippen LogP contribution in [0.4, 0.5) is 0 Å². The highest BCUT2D eigenvalue weighted by Gasteiger charge is 2.29. The molecular weight excluding hydrogens is 314 g/mol. The van der Waals surface area contributed by atoms with Gasteiger partial charge in [-0.3, -0.25) is 0 Å². The standard InChI is InChI=1S/C13H18BrNO2S/c1-18(16,17)7-6-15-13-8-11(9-13)10-2-4-12(14)5-3-10/h2-5,11,13,15H,6-9H2,1H3. The van der Waals surface area contributed by atoms with E-state index in [1.54, 1.807) is 0 Å². The van der Waals surface area contributed by atoms with E-state index in [2.05, 4.69) is 45.5 Å². The molecule has 1 aliphatic rings. The largest absolute Gasteiger partial charge is 0.313 e. The van der Waals surface area contributed by atoms with Crippen molar-refractivity contribution in [2.75, 3.05) is 18.6 Å². The first-order valence-corrected chi connectivity index (χ1v) is 8.96. The summed E-state index contributed by atoms with van der Waals surface area (Å²) in [4.78, 5) is 0. The lowest BCUT2D eigenvalue weighted by Gasteiger charge is -2.36. The normalized spacial score (nSPS) is 23.7. The third kappa shape index (κ3) is 4.07. The molecule has 1 N–H and O–H groups in total. The first kappa shape index (κ1) is 14.0. The highest BCUT2D eigenvalue weighted by molar-refractivity contribution is 9.10. The molecule has 100 valence electrons. The smallest absolute Gasteiger partial charge is 0.148 e. The van der Waals surface area contributed by atoms with Crippen LogP contribution in [0.25, 0.3) is 0 Å². The van der Waals surface area contributed by atoms with E-state index in [1.165, 1.54) is 11.8 Å². The minimum Gasteiger partial charge on any atom is -0.313 e. The molecule has 5 heteroatoms. The molecule has 0 bridgehead atoms. The summed E-state index contributed by atoms with van der Waals surface area (Å²) in [7, 11) is -2.84. The first-order chi connectivity index (χ1) is 8.44. The molecule has 0 aliphatic heterocycles. The number of rotatable bonds is 5. The number of hydrogen-bond acceptors (Lipinski definition) is 3. The Morgan fingerprint density at radius 1 is 1.28 bits per heavy atom. The fourth-order valence-corrected chi connectivity index (χ4v) is 2.99. The fourth-order valence-electron chi connectivity index (χ4n) is 2.24. The monoisotopic (exact) mass is 331 g/mol. The fraction of sp³-hybridized carbons (Fsp3) is 0.538. The Kier molecular flexibility index (Phi) is 4.45. The van der Waals surface area contributed by atoms with E-state index >= 15 is 0 Å². The Morgan fingerprint density at radius 2 is 1.89 bits per heavy atom. The van der Waals surface area contributed by atoms with Gasteiger partial charge in [0.2, 0.25) is 0 Å². The molecule has 0 radical (unpaired) electrons. The quantitative estimate of drug-likeness (QED) is 0.900. The summed E-state index contributed by atoms with van der Waals surface area (Å²) >= 11 is 3.43. The molecule has 1 fully saturated rings. The number of benzene rings is 1. The van der Waals surface area contributed by atoms with Gasteiger partial charge in [-0.1, -0.05) is 28.1 Å². The van der Waals surface area contributed by atoms with Crippen LogP contribution >= 0.6 is 15.9 Å². The summed E-state index contributed by atoms with van der Waals surface area (Å²) < 4.78 is 23.1. The van der Waals surface area contributed by atoms with Crippen molar-refractivity contribution in [2.45, 2.75) is 24.8 Å². The number of sulfone groups is 1. The Balaban J connectivity index is 1.72. The minimum atomic E-state index is -2.84. The van der Waals surface area contributed by atoms with Crippen molar-refractivity contribution in [3.05, 3.63) is 34.3 Å².